The molecule has 2 aromatic rings. The molecule has 3 rings (SSSR count). The molecule has 20 heavy (non-hydrogen) atoms. The molecule has 1 saturated carbocycles. The number of nitrogens with one attached hydrogen (secondary N) is 1. The smallest absolute Gasteiger partial charge is 0.108 e. The molecule has 108 valence electrons. The number of hydrogen-bond acceptors (Lipinski definition) is 3. The van der Waals surface area contributed by atoms with Crippen molar-refractivity contribution in [1.82, 2.24) is 10.3 Å². The van der Waals surface area contributed by atoms with Crippen molar-refractivity contribution in [1.29, 1.82) is 0 Å². The predicted molar refractivity (Wildman–Crippen MR) is 87.5 cm³/mol. The molecule has 0 unspecified atom stereocenters. The number of halogens is 1. The molecule has 0 spiro atoms. The van der Waals surface area contributed by atoms with Crippen molar-refractivity contribution < 1.29 is 0 Å². The van der Waals surface area contributed by atoms with E-state index < -0.39 is 0 Å². The maximum atomic E-state index is 6.25. The van der Waals surface area contributed by atoms with Gasteiger partial charge in [0.25, 0.3) is 0 Å². The minimum Gasteiger partial charge on any atom is -0.304 e. The fourth-order valence-electron chi connectivity index (χ4n) is 2.93. The first kappa shape index (κ1) is 14.3. The molecule has 1 heterocycles. The summed E-state index contributed by atoms with van der Waals surface area (Å²) in [5.41, 5.74) is 1.22. The predicted octanol–water partition coefficient (Wildman–Crippen LogP) is 4.57. The first-order chi connectivity index (χ1) is 9.71. The minimum absolute atomic E-state index is 0.117. The van der Waals surface area contributed by atoms with Gasteiger partial charge in [0.2, 0.25) is 0 Å². The number of thiazole rings is 1. The highest BCUT2D eigenvalue weighted by molar-refractivity contribution is 7.18. The first-order valence-corrected chi connectivity index (χ1v) is 8.71. The fraction of sp³-hybridized carbons (Fsp3) is 0.562. The molecule has 4 heteroatoms. The Morgan fingerprint density at radius 2 is 2.10 bits per heavy atom. The highest BCUT2D eigenvalue weighted by Gasteiger charge is 2.33. The van der Waals surface area contributed by atoms with Crippen LogP contribution in [0.25, 0.3) is 10.2 Å². The third-order valence-corrected chi connectivity index (χ3v) is 5.99. The van der Waals surface area contributed by atoms with Crippen LogP contribution in [0.15, 0.2) is 24.3 Å². The molecule has 1 N–H and O–H groups in total. The highest BCUT2D eigenvalue weighted by Crippen LogP contribution is 2.33. The van der Waals surface area contributed by atoms with Crippen LogP contribution in [0.4, 0.5) is 0 Å². The summed E-state index contributed by atoms with van der Waals surface area (Å²) < 4.78 is 1.27. The molecular weight excluding hydrogens is 288 g/mol. The number of aromatic nitrogens is 1. The van der Waals surface area contributed by atoms with Crippen molar-refractivity contribution >= 4 is 33.2 Å². The van der Waals surface area contributed by atoms with Crippen molar-refractivity contribution in [2.75, 3.05) is 5.88 Å². The van der Waals surface area contributed by atoms with E-state index in [0.29, 0.717) is 5.88 Å². The van der Waals surface area contributed by atoms with Crippen LogP contribution in [0.3, 0.4) is 0 Å². The quantitative estimate of drug-likeness (QED) is 0.837. The summed E-state index contributed by atoms with van der Waals surface area (Å²) in [5.74, 6) is 1.54. The van der Waals surface area contributed by atoms with E-state index in [1.165, 1.54) is 30.4 Å². The second-order valence-corrected chi connectivity index (χ2v) is 7.41. The normalized spacial score (nSPS) is 27.0. The highest BCUT2D eigenvalue weighted by atomic mass is 35.5. The van der Waals surface area contributed by atoms with Crippen LogP contribution in [0, 0.1) is 5.92 Å². The maximum absolute atomic E-state index is 6.25. The van der Waals surface area contributed by atoms with Crippen LogP contribution < -0.4 is 5.32 Å². The van der Waals surface area contributed by atoms with E-state index in [9.17, 15) is 0 Å². The second kappa shape index (κ2) is 6.00. The molecule has 1 aliphatic rings. The number of rotatable bonds is 4. The van der Waals surface area contributed by atoms with Crippen molar-refractivity contribution in [3.05, 3.63) is 29.3 Å². The Hall–Kier alpha value is -0.640. The van der Waals surface area contributed by atoms with E-state index in [4.69, 9.17) is 16.6 Å². The molecule has 1 aromatic heterocycles. The van der Waals surface area contributed by atoms with Gasteiger partial charge in [0.15, 0.2) is 0 Å². The number of hydrogen-bond donors (Lipinski definition) is 1. The average molecular weight is 309 g/mol. The largest absolute Gasteiger partial charge is 0.304 e. The lowest BCUT2D eigenvalue weighted by Crippen LogP contribution is -2.49. The van der Waals surface area contributed by atoms with Gasteiger partial charge in [0.05, 0.1) is 10.2 Å². The Labute approximate surface area is 129 Å². The van der Waals surface area contributed by atoms with Crippen molar-refractivity contribution in [2.24, 2.45) is 5.92 Å². The van der Waals surface area contributed by atoms with Crippen molar-refractivity contribution in [2.45, 2.75) is 44.7 Å². The Kier molecular flexibility index (Phi) is 4.29. The van der Waals surface area contributed by atoms with Gasteiger partial charge in [-0.1, -0.05) is 19.1 Å². The molecule has 0 atom stereocenters. The summed E-state index contributed by atoms with van der Waals surface area (Å²) in [6.07, 6.45) is 4.92. The summed E-state index contributed by atoms with van der Waals surface area (Å²) in [6.45, 7) is 3.17. The van der Waals surface area contributed by atoms with E-state index in [-0.39, 0.29) is 5.54 Å². The van der Waals surface area contributed by atoms with Gasteiger partial charge in [0, 0.05) is 18.0 Å². The van der Waals surface area contributed by atoms with Crippen LogP contribution in [0.1, 0.15) is 37.6 Å². The minimum atomic E-state index is 0.117. The summed E-state index contributed by atoms with van der Waals surface area (Å²) in [7, 11) is 0. The van der Waals surface area contributed by atoms with E-state index in [2.05, 4.69) is 30.4 Å². The number of para-hydroxylation sites is 1. The molecule has 0 bridgehead atoms. The van der Waals surface area contributed by atoms with Crippen LogP contribution in [0.2, 0.25) is 0 Å². The van der Waals surface area contributed by atoms with E-state index >= 15 is 0 Å². The second-order valence-electron chi connectivity index (χ2n) is 6.03. The number of nitrogens with zero attached hydrogens (tertiary/aromatic N) is 1. The zero-order chi connectivity index (χ0) is 14.0. The van der Waals surface area contributed by atoms with E-state index in [0.717, 1.165) is 23.0 Å². The van der Waals surface area contributed by atoms with Gasteiger partial charge in [-0.3, -0.25) is 0 Å². The van der Waals surface area contributed by atoms with Gasteiger partial charge in [-0.15, -0.1) is 22.9 Å². The lowest BCUT2D eigenvalue weighted by Gasteiger charge is -2.38. The van der Waals surface area contributed by atoms with E-state index in [1.807, 2.05) is 6.07 Å². The van der Waals surface area contributed by atoms with E-state index in [1.54, 1.807) is 11.3 Å². The Bertz CT molecular complexity index is 540. The van der Waals surface area contributed by atoms with Crippen LogP contribution >= 0.6 is 22.9 Å². The molecule has 0 saturated heterocycles. The summed E-state index contributed by atoms with van der Waals surface area (Å²) in [6, 6.07) is 8.33. The summed E-state index contributed by atoms with van der Waals surface area (Å²) in [5, 5.41) is 4.86. The molecule has 0 radical (unpaired) electrons. The Morgan fingerprint density at radius 3 is 2.80 bits per heavy atom. The van der Waals surface area contributed by atoms with Gasteiger partial charge >= 0.3 is 0 Å². The summed E-state index contributed by atoms with van der Waals surface area (Å²) >= 11 is 8.03. The van der Waals surface area contributed by atoms with Crippen molar-refractivity contribution in [3.8, 4) is 0 Å². The number of benzene rings is 1. The van der Waals surface area contributed by atoms with Gasteiger partial charge < -0.3 is 5.32 Å². The standard InChI is InChI=1S/C16H21ClN2S/c1-12-6-8-16(11-17,9-7-12)18-10-15-19-13-4-2-3-5-14(13)20-15/h2-5,12,18H,6-11H2,1H3. The molecule has 0 amide bonds. The Balaban J connectivity index is 1.68. The SMILES string of the molecule is CC1CCC(CCl)(NCc2nc3ccccc3s2)CC1. The first-order valence-electron chi connectivity index (χ1n) is 7.36. The number of fused-ring (bicyclic) bond motifs is 1. The van der Waals surface area contributed by atoms with Gasteiger partial charge in [0.1, 0.15) is 5.01 Å². The van der Waals surface area contributed by atoms with Crippen LogP contribution in [-0.4, -0.2) is 16.4 Å². The molecule has 1 fully saturated rings. The summed E-state index contributed by atoms with van der Waals surface area (Å²) in [4.78, 5) is 4.69. The van der Waals surface area contributed by atoms with Gasteiger partial charge in [-0.2, -0.15) is 0 Å². The van der Waals surface area contributed by atoms with Gasteiger partial charge in [-0.25, -0.2) is 4.98 Å². The van der Waals surface area contributed by atoms with Crippen LogP contribution in [0.5, 0.6) is 0 Å². The molecule has 1 aromatic carbocycles. The maximum Gasteiger partial charge on any atom is 0.108 e. The lowest BCUT2D eigenvalue weighted by molar-refractivity contribution is 0.216. The zero-order valence-electron chi connectivity index (χ0n) is 11.9. The fourth-order valence-corrected chi connectivity index (χ4v) is 4.20. The lowest BCUT2D eigenvalue weighted by atomic mass is 9.78. The Morgan fingerprint density at radius 1 is 1.35 bits per heavy atom. The average Bonchev–Trinajstić information content (AvgIpc) is 2.90. The molecule has 0 aliphatic heterocycles. The monoisotopic (exact) mass is 308 g/mol. The topological polar surface area (TPSA) is 24.9 Å². The third-order valence-electron chi connectivity index (χ3n) is 4.44. The van der Waals surface area contributed by atoms with Gasteiger partial charge in [-0.05, 0) is 43.7 Å². The zero-order valence-corrected chi connectivity index (χ0v) is 13.4. The molecule has 1 aliphatic carbocycles. The molecular formula is C16H21ClN2S. The van der Waals surface area contributed by atoms with Crippen molar-refractivity contribution in [3.63, 3.8) is 0 Å². The molecule has 2 nitrogen and oxygen atoms in total. The third kappa shape index (κ3) is 3.00. The van der Waals surface area contributed by atoms with Crippen LogP contribution in [-0.2, 0) is 6.54 Å². The number of alkyl halides is 1.